The molecule has 2 aromatic heterocycles. The SMILES string of the molecule is CCS(=O)n1cc(-c2nc(Nc3ccc(N4CCC(N5CCN(C)CC5)CC4)c(Cl)c3Cl)ncc2Cl)c2ccccc21. The van der Waals surface area contributed by atoms with Gasteiger partial charge < -0.3 is 15.1 Å². The highest BCUT2D eigenvalue weighted by Crippen LogP contribution is 2.40. The van der Waals surface area contributed by atoms with Crippen molar-refractivity contribution in [2.75, 3.05) is 62.3 Å². The zero-order valence-corrected chi connectivity index (χ0v) is 26.8. The number of nitrogens with one attached hydrogen (secondary N) is 1. The molecule has 0 aliphatic carbocycles. The molecule has 4 aromatic rings. The monoisotopic (exact) mass is 645 g/mol. The maximum Gasteiger partial charge on any atom is 0.227 e. The number of halogens is 3. The molecule has 1 N–H and O–H groups in total. The summed E-state index contributed by atoms with van der Waals surface area (Å²) in [6, 6.07) is 12.3. The minimum Gasteiger partial charge on any atom is -0.370 e. The molecular weight excluding hydrogens is 613 g/mol. The fourth-order valence-electron chi connectivity index (χ4n) is 5.92. The number of aromatic nitrogens is 3. The van der Waals surface area contributed by atoms with Gasteiger partial charge in [-0.1, -0.05) is 59.9 Å². The summed E-state index contributed by atoms with van der Waals surface area (Å²) in [4.78, 5) is 16.5. The van der Waals surface area contributed by atoms with Gasteiger partial charge in [0.05, 0.1) is 43.9 Å². The molecule has 0 radical (unpaired) electrons. The molecule has 1 unspecified atom stereocenters. The lowest BCUT2D eigenvalue weighted by Crippen LogP contribution is -2.52. The van der Waals surface area contributed by atoms with Crippen LogP contribution in [-0.4, -0.2) is 86.1 Å². The molecule has 6 rings (SSSR count). The third kappa shape index (κ3) is 5.87. The maximum absolute atomic E-state index is 12.7. The highest BCUT2D eigenvalue weighted by atomic mass is 35.5. The highest BCUT2D eigenvalue weighted by Gasteiger charge is 2.28. The second-order valence-electron chi connectivity index (χ2n) is 10.8. The quantitative estimate of drug-likeness (QED) is 0.244. The molecule has 2 fully saturated rings. The Kier molecular flexibility index (Phi) is 8.96. The van der Waals surface area contributed by atoms with E-state index in [2.05, 4.69) is 32.0 Å². The van der Waals surface area contributed by atoms with Gasteiger partial charge in [0.15, 0.2) is 0 Å². The van der Waals surface area contributed by atoms with E-state index in [9.17, 15) is 4.21 Å². The van der Waals surface area contributed by atoms with E-state index in [0.717, 1.165) is 74.3 Å². The molecule has 1 atom stereocenters. The van der Waals surface area contributed by atoms with Gasteiger partial charge >= 0.3 is 0 Å². The number of rotatable bonds is 7. The Morgan fingerprint density at radius 1 is 0.976 bits per heavy atom. The molecule has 42 heavy (non-hydrogen) atoms. The molecule has 2 aromatic carbocycles. The van der Waals surface area contributed by atoms with Crippen LogP contribution in [0.15, 0.2) is 48.8 Å². The molecule has 4 heterocycles. The molecule has 8 nitrogen and oxygen atoms in total. The number of piperazine rings is 1. The van der Waals surface area contributed by atoms with E-state index >= 15 is 0 Å². The first kappa shape index (κ1) is 29.7. The van der Waals surface area contributed by atoms with Crippen molar-refractivity contribution in [3.05, 3.63) is 63.9 Å². The Morgan fingerprint density at radius 2 is 1.71 bits per heavy atom. The lowest BCUT2D eigenvalue weighted by Gasteiger charge is -2.42. The van der Waals surface area contributed by atoms with Crippen LogP contribution in [0, 0.1) is 0 Å². The van der Waals surface area contributed by atoms with E-state index < -0.39 is 11.0 Å². The van der Waals surface area contributed by atoms with Crippen molar-refractivity contribution in [2.24, 2.45) is 0 Å². The van der Waals surface area contributed by atoms with Gasteiger partial charge in [-0.2, -0.15) is 0 Å². The minimum atomic E-state index is -1.20. The number of para-hydroxylation sites is 1. The Bertz CT molecular complexity index is 1610. The van der Waals surface area contributed by atoms with E-state index in [1.807, 2.05) is 49.5 Å². The Hall–Kier alpha value is -2.40. The van der Waals surface area contributed by atoms with Gasteiger partial charge in [-0.25, -0.2) is 14.2 Å². The lowest BCUT2D eigenvalue weighted by atomic mass is 10.0. The van der Waals surface area contributed by atoms with Crippen molar-refractivity contribution in [3.63, 3.8) is 0 Å². The van der Waals surface area contributed by atoms with Gasteiger partial charge in [-0.15, -0.1) is 0 Å². The lowest BCUT2D eigenvalue weighted by molar-refractivity contribution is 0.0982. The van der Waals surface area contributed by atoms with Crippen molar-refractivity contribution in [1.29, 1.82) is 0 Å². The topological polar surface area (TPSA) is 69.5 Å². The third-order valence-corrected chi connectivity index (χ3v) is 10.7. The van der Waals surface area contributed by atoms with Crippen molar-refractivity contribution in [2.45, 2.75) is 25.8 Å². The number of hydrogen-bond acceptors (Lipinski definition) is 7. The first-order chi connectivity index (χ1) is 20.3. The second-order valence-corrected chi connectivity index (χ2v) is 13.6. The fourth-order valence-corrected chi connectivity index (χ4v) is 7.49. The molecule has 0 saturated carbocycles. The first-order valence-electron chi connectivity index (χ1n) is 14.3. The molecule has 2 saturated heterocycles. The Balaban J connectivity index is 1.21. The van der Waals surface area contributed by atoms with Crippen LogP contribution in [0.2, 0.25) is 15.1 Å². The summed E-state index contributed by atoms with van der Waals surface area (Å²) in [6.45, 7) is 8.34. The van der Waals surface area contributed by atoms with Crippen LogP contribution in [0.25, 0.3) is 22.2 Å². The van der Waals surface area contributed by atoms with Crippen LogP contribution in [-0.2, 0) is 11.0 Å². The number of fused-ring (bicyclic) bond motifs is 1. The van der Waals surface area contributed by atoms with Crippen LogP contribution in [0.1, 0.15) is 19.8 Å². The largest absolute Gasteiger partial charge is 0.370 e. The molecule has 0 amide bonds. The maximum atomic E-state index is 12.7. The number of anilines is 3. The van der Waals surface area contributed by atoms with Crippen LogP contribution in [0.5, 0.6) is 0 Å². The normalized spacial score (nSPS) is 18.1. The van der Waals surface area contributed by atoms with Gasteiger partial charge in [0.1, 0.15) is 11.0 Å². The Labute approximate surface area is 264 Å². The van der Waals surface area contributed by atoms with E-state index in [1.54, 1.807) is 10.2 Å². The average molecular weight is 647 g/mol. The summed E-state index contributed by atoms with van der Waals surface area (Å²) in [5.41, 5.74) is 3.73. The van der Waals surface area contributed by atoms with E-state index in [1.165, 1.54) is 0 Å². The van der Waals surface area contributed by atoms with Gasteiger partial charge in [0, 0.05) is 68.2 Å². The van der Waals surface area contributed by atoms with Gasteiger partial charge in [0.2, 0.25) is 5.95 Å². The summed E-state index contributed by atoms with van der Waals surface area (Å²) in [5, 5.41) is 5.47. The third-order valence-electron chi connectivity index (χ3n) is 8.31. The van der Waals surface area contributed by atoms with Crippen LogP contribution < -0.4 is 10.2 Å². The first-order valence-corrected chi connectivity index (χ1v) is 16.7. The number of likely N-dealkylation sites (N-methyl/N-ethyl adjacent to an activating group) is 1. The van der Waals surface area contributed by atoms with Gasteiger partial charge in [-0.3, -0.25) is 8.87 Å². The smallest absolute Gasteiger partial charge is 0.227 e. The number of nitrogens with zero attached hydrogens (tertiary/aromatic N) is 6. The number of piperidine rings is 1. The van der Waals surface area contributed by atoms with Gasteiger partial charge in [0.25, 0.3) is 0 Å². The highest BCUT2D eigenvalue weighted by molar-refractivity contribution is 7.83. The summed E-state index contributed by atoms with van der Waals surface area (Å²) < 4.78 is 14.5. The standard InChI is InChI=1S/C30H34Cl3N7OS/c1-3-42(41)40-19-22(21-6-4-5-7-25(21)40)29-23(31)18-34-30(36-29)35-24-8-9-26(28(33)27(24)32)39-12-10-20(11-13-39)38-16-14-37(2)15-17-38/h4-9,18-20H,3,10-17H2,1-2H3,(H,34,35,36). The molecule has 0 spiro atoms. The summed E-state index contributed by atoms with van der Waals surface area (Å²) in [6.07, 6.45) is 5.62. The molecular formula is C30H34Cl3N7OS. The van der Waals surface area contributed by atoms with Crippen LogP contribution in [0.3, 0.4) is 0 Å². The number of hydrogen-bond donors (Lipinski definition) is 1. The van der Waals surface area contributed by atoms with E-state index in [0.29, 0.717) is 44.2 Å². The fraction of sp³-hybridized carbons (Fsp3) is 0.400. The summed E-state index contributed by atoms with van der Waals surface area (Å²) in [5.74, 6) is 0.827. The number of benzene rings is 2. The van der Waals surface area contributed by atoms with Crippen LogP contribution in [0.4, 0.5) is 17.3 Å². The molecule has 222 valence electrons. The van der Waals surface area contributed by atoms with Gasteiger partial charge in [-0.05, 0) is 38.1 Å². The van der Waals surface area contributed by atoms with Crippen molar-refractivity contribution in [3.8, 4) is 11.3 Å². The molecule has 2 aliphatic rings. The zero-order valence-electron chi connectivity index (χ0n) is 23.7. The van der Waals surface area contributed by atoms with Crippen molar-refractivity contribution < 1.29 is 4.21 Å². The second kappa shape index (κ2) is 12.7. The van der Waals surface area contributed by atoms with Crippen molar-refractivity contribution >= 4 is 74.0 Å². The molecule has 0 bridgehead atoms. The van der Waals surface area contributed by atoms with Crippen LogP contribution >= 0.6 is 34.8 Å². The summed E-state index contributed by atoms with van der Waals surface area (Å²) in [7, 11) is 0.992. The Morgan fingerprint density at radius 3 is 2.45 bits per heavy atom. The average Bonchev–Trinajstić information content (AvgIpc) is 3.40. The van der Waals surface area contributed by atoms with Crippen molar-refractivity contribution in [1.82, 2.24) is 23.7 Å². The predicted octanol–water partition coefficient (Wildman–Crippen LogP) is 6.55. The summed E-state index contributed by atoms with van der Waals surface area (Å²) >= 11 is 20.2. The van der Waals surface area contributed by atoms with E-state index in [-0.39, 0.29) is 0 Å². The minimum absolute atomic E-state index is 0.335. The van der Waals surface area contributed by atoms with E-state index in [4.69, 9.17) is 39.8 Å². The zero-order chi connectivity index (χ0) is 29.4. The predicted molar refractivity (Wildman–Crippen MR) is 176 cm³/mol. The molecule has 2 aliphatic heterocycles. The molecule has 12 heteroatoms.